The van der Waals surface area contributed by atoms with Crippen LogP contribution in [0.4, 0.5) is 4.39 Å². The van der Waals surface area contributed by atoms with Gasteiger partial charge in [-0.05, 0) is 24.0 Å². The number of hydrogen-bond acceptors (Lipinski definition) is 4. The monoisotopic (exact) mass is 279 g/mol. The molecule has 0 bridgehead atoms. The number of thioether (sulfide) groups is 1. The SMILES string of the molecule is CSCCNS(=O)(=O)c1cc(CO)ccc1F. The molecule has 0 radical (unpaired) electrons. The van der Waals surface area contributed by atoms with Gasteiger partial charge in [-0.2, -0.15) is 11.8 Å². The van der Waals surface area contributed by atoms with Gasteiger partial charge in [0.05, 0.1) is 6.61 Å². The van der Waals surface area contributed by atoms with Gasteiger partial charge in [0.25, 0.3) is 0 Å². The van der Waals surface area contributed by atoms with Crippen molar-refractivity contribution in [2.45, 2.75) is 11.5 Å². The topological polar surface area (TPSA) is 66.4 Å². The summed E-state index contributed by atoms with van der Waals surface area (Å²) in [5.41, 5.74) is 0.358. The second-order valence-electron chi connectivity index (χ2n) is 3.31. The Morgan fingerprint density at radius 2 is 2.18 bits per heavy atom. The van der Waals surface area contributed by atoms with Crippen LogP contribution in [-0.4, -0.2) is 32.1 Å². The molecule has 0 aliphatic rings. The van der Waals surface area contributed by atoms with Crippen LogP contribution in [-0.2, 0) is 16.6 Å². The minimum absolute atomic E-state index is 0.242. The van der Waals surface area contributed by atoms with E-state index in [-0.39, 0.29) is 13.2 Å². The normalized spacial score (nSPS) is 11.7. The molecule has 0 atom stereocenters. The summed E-state index contributed by atoms with van der Waals surface area (Å²) in [5, 5.41) is 8.89. The summed E-state index contributed by atoms with van der Waals surface area (Å²) in [7, 11) is -3.85. The predicted octanol–water partition coefficient (Wildman–Crippen LogP) is 0.959. The number of nitrogens with one attached hydrogen (secondary N) is 1. The van der Waals surface area contributed by atoms with E-state index < -0.39 is 20.7 Å². The minimum atomic E-state index is -3.85. The Labute approximate surface area is 104 Å². The fourth-order valence-corrected chi connectivity index (χ4v) is 2.80. The second kappa shape index (κ2) is 6.34. The highest BCUT2D eigenvalue weighted by Crippen LogP contribution is 2.16. The summed E-state index contributed by atoms with van der Waals surface area (Å²) in [6.45, 7) is -0.0834. The summed E-state index contributed by atoms with van der Waals surface area (Å²) < 4.78 is 39.2. The Bertz CT molecular complexity index is 476. The molecule has 0 spiro atoms. The van der Waals surface area contributed by atoms with Crippen LogP contribution in [0.5, 0.6) is 0 Å². The first-order valence-corrected chi connectivity index (χ1v) is 7.77. The maximum absolute atomic E-state index is 13.4. The lowest BCUT2D eigenvalue weighted by molar-refractivity contribution is 0.281. The van der Waals surface area contributed by atoms with Crippen LogP contribution in [0.2, 0.25) is 0 Å². The highest BCUT2D eigenvalue weighted by atomic mass is 32.2. The first kappa shape index (κ1) is 14.4. The fraction of sp³-hybridized carbons (Fsp3) is 0.400. The third-order valence-electron chi connectivity index (χ3n) is 2.07. The van der Waals surface area contributed by atoms with Gasteiger partial charge in [-0.3, -0.25) is 0 Å². The van der Waals surface area contributed by atoms with Gasteiger partial charge < -0.3 is 5.11 Å². The van der Waals surface area contributed by atoms with Crippen molar-refractivity contribution < 1.29 is 17.9 Å². The third kappa shape index (κ3) is 3.95. The van der Waals surface area contributed by atoms with E-state index in [1.807, 2.05) is 6.26 Å². The zero-order valence-corrected chi connectivity index (χ0v) is 10.9. The third-order valence-corrected chi connectivity index (χ3v) is 4.15. The lowest BCUT2D eigenvalue weighted by atomic mass is 10.2. The van der Waals surface area contributed by atoms with E-state index in [4.69, 9.17) is 5.11 Å². The van der Waals surface area contributed by atoms with E-state index in [0.717, 1.165) is 12.1 Å². The zero-order valence-electron chi connectivity index (χ0n) is 9.31. The summed E-state index contributed by atoms with van der Waals surface area (Å²) in [5.74, 6) is -0.209. The molecule has 0 saturated heterocycles. The van der Waals surface area contributed by atoms with Gasteiger partial charge in [-0.25, -0.2) is 17.5 Å². The predicted molar refractivity (Wildman–Crippen MR) is 65.9 cm³/mol. The van der Waals surface area contributed by atoms with Gasteiger partial charge in [0.1, 0.15) is 10.7 Å². The molecular formula is C10H14FNO3S2. The largest absolute Gasteiger partial charge is 0.392 e. The molecule has 2 N–H and O–H groups in total. The minimum Gasteiger partial charge on any atom is -0.392 e. The van der Waals surface area contributed by atoms with Gasteiger partial charge in [0.15, 0.2) is 0 Å². The Kier molecular flexibility index (Phi) is 5.38. The van der Waals surface area contributed by atoms with Crippen LogP contribution in [0.25, 0.3) is 0 Å². The number of sulfonamides is 1. The van der Waals surface area contributed by atoms with E-state index in [1.165, 1.54) is 17.8 Å². The second-order valence-corrected chi connectivity index (χ2v) is 6.03. The molecule has 1 aromatic rings. The average Bonchev–Trinajstić information content (AvgIpc) is 2.29. The molecule has 0 heterocycles. The lowest BCUT2D eigenvalue weighted by Crippen LogP contribution is -2.27. The van der Waals surface area contributed by atoms with Crippen molar-refractivity contribution in [2.75, 3.05) is 18.6 Å². The molecule has 0 fully saturated rings. The van der Waals surface area contributed by atoms with Crippen molar-refractivity contribution in [1.29, 1.82) is 0 Å². The maximum atomic E-state index is 13.4. The highest BCUT2D eigenvalue weighted by Gasteiger charge is 2.18. The Morgan fingerprint density at radius 1 is 1.47 bits per heavy atom. The average molecular weight is 279 g/mol. The van der Waals surface area contributed by atoms with E-state index in [2.05, 4.69) is 4.72 Å². The van der Waals surface area contributed by atoms with Crippen LogP contribution < -0.4 is 4.72 Å². The van der Waals surface area contributed by atoms with E-state index >= 15 is 0 Å². The molecule has 0 aliphatic carbocycles. The quantitative estimate of drug-likeness (QED) is 0.761. The molecule has 1 aromatic carbocycles. The molecular weight excluding hydrogens is 265 g/mol. The highest BCUT2D eigenvalue weighted by molar-refractivity contribution is 7.98. The van der Waals surface area contributed by atoms with Crippen LogP contribution in [0.15, 0.2) is 23.1 Å². The van der Waals surface area contributed by atoms with Crippen LogP contribution in [0, 0.1) is 5.82 Å². The number of halogens is 1. The van der Waals surface area contributed by atoms with Crippen molar-refractivity contribution in [3.63, 3.8) is 0 Å². The molecule has 0 amide bonds. The summed E-state index contributed by atoms with van der Waals surface area (Å²) in [6, 6.07) is 3.52. The Balaban J connectivity index is 2.97. The van der Waals surface area contributed by atoms with Crippen molar-refractivity contribution in [2.24, 2.45) is 0 Å². The number of hydrogen-bond donors (Lipinski definition) is 2. The summed E-state index contributed by atoms with van der Waals surface area (Å²) in [6.07, 6.45) is 1.85. The summed E-state index contributed by atoms with van der Waals surface area (Å²) >= 11 is 1.49. The number of rotatable bonds is 6. The Hall–Kier alpha value is -0.630. The van der Waals surface area contributed by atoms with Crippen molar-refractivity contribution in [1.82, 2.24) is 4.72 Å². The molecule has 17 heavy (non-hydrogen) atoms. The van der Waals surface area contributed by atoms with Crippen LogP contribution in [0.1, 0.15) is 5.56 Å². The van der Waals surface area contributed by atoms with E-state index in [0.29, 0.717) is 11.3 Å². The first-order valence-electron chi connectivity index (χ1n) is 4.89. The molecule has 0 aliphatic heterocycles. The molecule has 0 unspecified atom stereocenters. The number of benzene rings is 1. The van der Waals surface area contributed by atoms with Gasteiger partial charge in [-0.1, -0.05) is 6.07 Å². The molecule has 1 rings (SSSR count). The molecule has 4 nitrogen and oxygen atoms in total. The zero-order chi connectivity index (χ0) is 12.9. The first-order chi connectivity index (χ1) is 8.01. The molecule has 0 aromatic heterocycles. The van der Waals surface area contributed by atoms with Gasteiger partial charge >= 0.3 is 0 Å². The Morgan fingerprint density at radius 3 is 2.76 bits per heavy atom. The van der Waals surface area contributed by atoms with Crippen molar-refractivity contribution in [3.05, 3.63) is 29.6 Å². The molecule has 96 valence electrons. The number of aliphatic hydroxyl groups is 1. The molecule has 0 saturated carbocycles. The van der Waals surface area contributed by atoms with E-state index in [9.17, 15) is 12.8 Å². The van der Waals surface area contributed by atoms with Crippen LogP contribution >= 0.6 is 11.8 Å². The van der Waals surface area contributed by atoms with E-state index in [1.54, 1.807) is 0 Å². The lowest BCUT2D eigenvalue weighted by Gasteiger charge is -2.08. The van der Waals surface area contributed by atoms with Gasteiger partial charge in [0.2, 0.25) is 10.0 Å². The van der Waals surface area contributed by atoms with Gasteiger partial charge in [-0.15, -0.1) is 0 Å². The van der Waals surface area contributed by atoms with Gasteiger partial charge in [0, 0.05) is 12.3 Å². The smallest absolute Gasteiger partial charge is 0.243 e. The summed E-state index contributed by atoms with van der Waals surface area (Å²) in [4.78, 5) is -0.426. The standard InChI is InChI=1S/C10H14FNO3S2/c1-16-5-4-12-17(14,15)10-6-8(7-13)2-3-9(10)11/h2-3,6,12-13H,4-5,7H2,1H3. The van der Waals surface area contributed by atoms with Crippen molar-refractivity contribution >= 4 is 21.8 Å². The van der Waals surface area contributed by atoms with Crippen LogP contribution in [0.3, 0.4) is 0 Å². The molecule has 7 heteroatoms. The number of aliphatic hydroxyl groups excluding tert-OH is 1. The maximum Gasteiger partial charge on any atom is 0.243 e. The fourth-order valence-electron chi connectivity index (χ4n) is 1.21. The van der Waals surface area contributed by atoms with Crippen molar-refractivity contribution in [3.8, 4) is 0 Å².